The summed E-state index contributed by atoms with van der Waals surface area (Å²) < 4.78 is 56.9. The number of rotatable bonds is 5. The maximum absolute atomic E-state index is 13.9. The van der Waals surface area contributed by atoms with Gasteiger partial charge in [-0.2, -0.15) is 13.2 Å². The summed E-state index contributed by atoms with van der Waals surface area (Å²) >= 11 is 5.81. The quantitative estimate of drug-likeness (QED) is 0.577. The van der Waals surface area contributed by atoms with E-state index >= 15 is 0 Å². The molecular formula is C17H12ClF4NO2. The van der Waals surface area contributed by atoms with Crippen molar-refractivity contribution in [1.29, 1.82) is 0 Å². The fraction of sp³-hybridized carbons (Fsp3) is 0.118. The van der Waals surface area contributed by atoms with Crippen LogP contribution in [0.2, 0.25) is 5.02 Å². The molecule has 0 radical (unpaired) electrons. The number of halogens is 5. The van der Waals surface area contributed by atoms with E-state index in [9.17, 15) is 22.4 Å². The van der Waals surface area contributed by atoms with E-state index in [1.807, 2.05) is 0 Å². The van der Waals surface area contributed by atoms with Gasteiger partial charge in [-0.1, -0.05) is 24.2 Å². The van der Waals surface area contributed by atoms with Gasteiger partial charge in [0.1, 0.15) is 6.61 Å². The minimum Gasteiger partial charge on any atom is -0.486 e. The van der Waals surface area contributed by atoms with Crippen LogP contribution in [0.1, 0.15) is 11.1 Å². The van der Waals surface area contributed by atoms with Crippen molar-refractivity contribution >= 4 is 23.2 Å². The van der Waals surface area contributed by atoms with Crippen LogP contribution in [0.15, 0.2) is 49.1 Å². The van der Waals surface area contributed by atoms with E-state index in [2.05, 4.69) is 11.9 Å². The molecule has 0 heterocycles. The van der Waals surface area contributed by atoms with Gasteiger partial charge in [-0.3, -0.25) is 4.79 Å². The van der Waals surface area contributed by atoms with E-state index in [1.54, 1.807) is 0 Å². The summed E-state index contributed by atoms with van der Waals surface area (Å²) in [5.41, 5.74) is -0.393. The van der Waals surface area contributed by atoms with Gasteiger partial charge in [-0.25, -0.2) is 4.39 Å². The molecule has 0 aromatic heterocycles. The van der Waals surface area contributed by atoms with Crippen LogP contribution < -0.4 is 10.1 Å². The Bertz CT molecular complexity index is 806. The van der Waals surface area contributed by atoms with Gasteiger partial charge >= 0.3 is 6.18 Å². The highest BCUT2D eigenvalue weighted by molar-refractivity contribution is 6.31. The summed E-state index contributed by atoms with van der Waals surface area (Å²) in [5, 5.41) is 2.25. The number of amides is 1. The maximum Gasteiger partial charge on any atom is 0.416 e. The van der Waals surface area contributed by atoms with Gasteiger partial charge in [0, 0.05) is 22.3 Å². The van der Waals surface area contributed by atoms with Crippen molar-refractivity contribution < 1.29 is 27.1 Å². The summed E-state index contributed by atoms with van der Waals surface area (Å²) in [6, 6.07) is 6.56. The fourth-order valence-electron chi connectivity index (χ4n) is 1.89. The number of carbonyl (C=O) groups is 1. The third-order valence-electron chi connectivity index (χ3n) is 3.15. The summed E-state index contributed by atoms with van der Waals surface area (Å²) in [5.74, 6) is -1.37. The smallest absolute Gasteiger partial charge is 0.416 e. The SMILES string of the molecule is C=CC(=O)Nc1ccc(OCc2ccc(C(F)(F)F)cc2Cl)c(F)c1. The van der Waals surface area contributed by atoms with E-state index in [0.29, 0.717) is 0 Å². The summed E-state index contributed by atoms with van der Waals surface area (Å²) in [4.78, 5) is 11.1. The number of carbonyl (C=O) groups excluding carboxylic acids is 1. The van der Waals surface area contributed by atoms with E-state index in [-0.39, 0.29) is 28.6 Å². The van der Waals surface area contributed by atoms with Crippen LogP contribution >= 0.6 is 11.6 Å². The Morgan fingerprint density at radius 1 is 1.24 bits per heavy atom. The number of alkyl halides is 3. The molecule has 3 nitrogen and oxygen atoms in total. The number of hydrogen-bond donors (Lipinski definition) is 1. The molecule has 2 aromatic rings. The molecule has 0 aliphatic carbocycles. The maximum atomic E-state index is 13.9. The Morgan fingerprint density at radius 2 is 1.96 bits per heavy atom. The third-order valence-corrected chi connectivity index (χ3v) is 3.50. The monoisotopic (exact) mass is 373 g/mol. The summed E-state index contributed by atoms with van der Waals surface area (Å²) in [6.07, 6.45) is -3.46. The van der Waals surface area contributed by atoms with Crippen molar-refractivity contribution in [3.8, 4) is 5.75 Å². The lowest BCUT2D eigenvalue weighted by molar-refractivity contribution is -0.137. The lowest BCUT2D eigenvalue weighted by Crippen LogP contribution is -2.08. The van der Waals surface area contributed by atoms with Gasteiger partial charge in [-0.05, 0) is 30.3 Å². The Hall–Kier alpha value is -2.54. The molecule has 0 aliphatic rings. The molecule has 2 aromatic carbocycles. The van der Waals surface area contributed by atoms with E-state index in [0.717, 1.165) is 24.3 Å². The van der Waals surface area contributed by atoms with Gasteiger partial charge in [0.15, 0.2) is 11.6 Å². The minimum atomic E-state index is -4.50. The standard InChI is InChI=1S/C17H12ClF4NO2/c1-2-16(24)23-12-5-6-15(14(19)8-12)25-9-10-3-4-11(7-13(10)18)17(20,21)22/h2-8H,1,9H2,(H,23,24). The van der Waals surface area contributed by atoms with E-state index < -0.39 is 23.5 Å². The van der Waals surface area contributed by atoms with Crippen LogP contribution in [0.5, 0.6) is 5.75 Å². The second-order valence-electron chi connectivity index (χ2n) is 4.93. The fourth-order valence-corrected chi connectivity index (χ4v) is 2.12. The van der Waals surface area contributed by atoms with Crippen LogP contribution in [-0.2, 0) is 17.6 Å². The number of hydrogen-bond acceptors (Lipinski definition) is 2. The first-order valence-corrected chi connectivity index (χ1v) is 7.30. The minimum absolute atomic E-state index is 0.132. The molecule has 0 bridgehead atoms. The number of anilines is 1. The molecule has 0 fully saturated rings. The Kier molecular flexibility index (Phi) is 5.69. The summed E-state index contributed by atoms with van der Waals surface area (Å²) in [7, 11) is 0. The molecule has 0 saturated carbocycles. The van der Waals surface area contributed by atoms with Crippen molar-refractivity contribution in [1.82, 2.24) is 0 Å². The van der Waals surface area contributed by atoms with Crippen LogP contribution in [-0.4, -0.2) is 5.91 Å². The molecule has 0 spiro atoms. The zero-order valence-corrected chi connectivity index (χ0v) is 13.4. The molecule has 0 saturated heterocycles. The first kappa shape index (κ1) is 18.8. The highest BCUT2D eigenvalue weighted by atomic mass is 35.5. The lowest BCUT2D eigenvalue weighted by atomic mass is 10.1. The van der Waals surface area contributed by atoms with Gasteiger partial charge in [-0.15, -0.1) is 0 Å². The molecule has 25 heavy (non-hydrogen) atoms. The zero-order valence-electron chi connectivity index (χ0n) is 12.7. The van der Waals surface area contributed by atoms with Crippen LogP contribution in [0.25, 0.3) is 0 Å². The van der Waals surface area contributed by atoms with Crippen LogP contribution in [0.3, 0.4) is 0 Å². The normalized spacial score (nSPS) is 11.1. The highest BCUT2D eigenvalue weighted by Crippen LogP contribution is 2.32. The van der Waals surface area contributed by atoms with E-state index in [4.69, 9.17) is 16.3 Å². The van der Waals surface area contributed by atoms with Crippen LogP contribution in [0, 0.1) is 5.82 Å². The molecule has 8 heteroatoms. The van der Waals surface area contributed by atoms with Crippen molar-refractivity contribution in [2.45, 2.75) is 12.8 Å². The molecule has 1 N–H and O–H groups in total. The topological polar surface area (TPSA) is 38.3 Å². The predicted octanol–water partition coefficient (Wildman–Crippen LogP) is 5.20. The molecule has 132 valence electrons. The molecule has 0 aliphatic heterocycles. The predicted molar refractivity (Wildman–Crippen MR) is 86.0 cm³/mol. The second-order valence-corrected chi connectivity index (χ2v) is 5.34. The Labute approximate surface area is 145 Å². The molecule has 0 atom stereocenters. The van der Waals surface area contributed by atoms with Gasteiger partial charge in [0.05, 0.1) is 5.56 Å². The molecule has 2 rings (SSSR count). The molecule has 0 unspecified atom stereocenters. The third kappa shape index (κ3) is 4.96. The average molecular weight is 374 g/mol. The van der Waals surface area contributed by atoms with Crippen molar-refractivity contribution in [2.24, 2.45) is 0 Å². The number of benzene rings is 2. The first-order valence-electron chi connectivity index (χ1n) is 6.92. The van der Waals surface area contributed by atoms with Gasteiger partial charge in [0.2, 0.25) is 5.91 Å². The second kappa shape index (κ2) is 7.57. The first-order chi connectivity index (χ1) is 11.7. The van der Waals surface area contributed by atoms with Gasteiger partial charge < -0.3 is 10.1 Å². The molecule has 1 amide bonds. The Morgan fingerprint density at radius 3 is 2.52 bits per heavy atom. The van der Waals surface area contributed by atoms with Crippen molar-refractivity contribution in [2.75, 3.05) is 5.32 Å². The van der Waals surface area contributed by atoms with E-state index in [1.165, 1.54) is 18.2 Å². The lowest BCUT2D eigenvalue weighted by Gasteiger charge is -2.12. The van der Waals surface area contributed by atoms with Gasteiger partial charge in [0.25, 0.3) is 0 Å². The molecular weight excluding hydrogens is 362 g/mol. The average Bonchev–Trinajstić information content (AvgIpc) is 2.54. The largest absolute Gasteiger partial charge is 0.486 e. The highest BCUT2D eigenvalue weighted by Gasteiger charge is 2.30. The Balaban J connectivity index is 2.09. The van der Waals surface area contributed by atoms with Crippen molar-refractivity contribution in [3.63, 3.8) is 0 Å². The number of nitrogens with one attached hydrogen (secondary N) is 1. The number of ether oxygens (including phenoxy) is 1. The van der Waals surface area contributed by atoms with Crippen molar-refractivity contribution in [3.05, 3.63) is 71.0 Å². The zero-order chi connectivity index (χ0) is 18.6. The van der Waals surface area contributed by atoms with Crippen LogP contribution in [0.4, 0.5) is 23.2 Å². The summed E-state index contributed by atoms with van der Waals surface area (Å²) in [6.45, 7) is 3.06.